The van der Waals surface area contributed by atoms with E-state index in [0.717, 1.165) is 30.5 Å². The molecule has 1 aromatic carbocycles. The maximum atomic E-state index is 12.3. The first-order chi connectivity index (χ1) is 12.2. The SMILES string of the molecule is Cl.NCC1(CC(=O)NCCc2cnn(-c3ccccc3)c2)CCCCC1. The van der Waals surface area contributed by atoms with Crippen LogP contribution in [-0.2, 0) is 11.2 Å². The molecule has 1 fully saturated rings. The number of para-hydroxylation sites is 1. The Kier molecular flexibility index (Phi) is 7.66. The van der Waals surface area contributed by atoms with E-state index in [9.17, 15) is 4.79 Å². The van der Waals surface area contributed by atoms with E-state index in [1.165, 1.54) is 19.3 Å². The normalized spacial score (nSPS) is 15.9. The monoisotopic (exact) mass is 376 g/mol. The smallest absolute Gasteiger partial charge is 0.220 e. The molecule has 1 amide bonds. The van der Waals surface area contributed by atoms with E-state index in [0.29, 0.717) is 19.5 Å². The number of hydrogen-bond donors (Lipinski definition) is 2. The first kappa shape index (κ1) is 20.5. The summed E-state index contributed by atoms with van der Waals surface area (Å²) >= 11 is 0. The van der Waals surface area contributed by atoms with Crippen molar-refractivity contribution < 1.29 is 4.79 Å². The van der Waals surface area contributed by atoms with E-state index in [2.05, 4.69) is 10.4 Å². The summed E-state index contributed by atoms with van der Waals surface area (Å²) in [5.41, 5.74) is 8.16. The molecule has 6 heteroatoms. The lowest BCUT2D eigenvalue weighted by atomic mass is 9.71. The van der Waals surface area contributed by atoms with Crippen molar-refractivity contribution in [1.29, 1.82) is 0 Å². The molecule has 5 nitrogen and oxygen atoms in total. The van der Waals surface area contributed by atoms with E-state index in [1.54, 1.807) is 0 Å². The Morgan fingerprint density at radius 2 is 1.92 bits per heavy atom. The molecule has 3 N–H and O–H groups in total. The molecule has 3 rings (SSSR count). The zero-order valence-electron chi connectivity index (χ0n) is 15.2. The number of carbonyl (C=O) groups excluding carboxylic acids is 1. The van der Waals surface area contributed by atoms with Gasteiger partial charge in [-0.2, -0.15) is 5.10 Å². The van der Waals surface area contributed by atoms with Gasteiger partial charge in [-0.05, 0) is 48.9 Å². The van der Waals surface area contributed by atoms with Crippen molar-refractivity contribution in [3.8, 4) is 5.69 Å². The van der Waals surface area contributed by atoms with Gasteiger partial charge in [0.1, 0.15) is 0 Å². The molecule has 1 aliphatic carbocycles. The number of rotatable bonds is 7. The number of halogens is 1. The Balaban J connectivity index is 0.00000243. The lowest BCUT2D eigenvalue weighted by Gasteiger charge is -2.35. The molecule has 0 atom stereocenters. The van der Waals surface area contributed by atoms with Gasteiger partial charge in [-0.25, -0.2) is 4.68 Å². The number of aromatic nitrogens is 2. The van der Waals surface area contributed by atoms with Crippen LogP contribution in [0.2, 0.25) is 0 Å². The van der Waals surface area contributed by atoms with E-state index in [1.807, 2.05) is 47.4 Å². The highest BCUT2D eigenvalue weighted by molar-refractivity contribution is 5.85. The van der Waals surface area contributed by atoms with E-state index >= 15 is 0 Å². The van der Waals surface area contributed by atoms with Crippen LogP contribution in [0.1, 0.15) is 44.1 Å². The van der Waals surface area contributed by atoms with Crippen molar-refractivity contribution in [2.24, 2.45) is 11.1 Å². The summed E-state index contributed by atoms with van der Waals surface area (Å²) in [6, 6.07) is 10.0. The van der Waals surface area contributed by atoms with Crippen LogP contribution in [-0.4, -0.2) is 28.8 Å². The molecule has 26 heavy (non-hydrogen) atoms. The minimum absolute atomic E-state index is 0. The molecule has 0 bridgehead atoms. The maximum Gasteiger partial charge on any atom is 0.220 e. The Bertz CT molecular complexity index is 680. The van der Waals surface area contributed by atoms with E-state index in [4.69, 9.17) is 5.73 Å². The summed E-state index contributed by atoms with van der Waals surface area (Å²) < 4.78 is 1.86. The molecule has 0 spiro atoms. The average Bonchev–Trinajstić information content (AvgIpc) is 3.12. The first-order valence-electron chi connectivity index (χ1n) is 9.27. The van der Waals surface area contributed by atoms with Crippen molar-refractivity contribution in [3.05, 3.63) is 48.3 Å². The highest BCUT2D eigenvalue weighted by atomic mass is 35.5. The fourth-order valence-corrected chi connectivity index (χ4v) is 3.72. The third-order valence-electron chi connectivity index (χ3n) is 5.28. The fraction of sp³-hybridized carbons (Fsp3) is 0.500. The Hall–Kier alpha value is -1.85. The van der Waals surface area contributed by atoms with Gasteiger partial charge in [-0.15, -0.1) is 12.4 Å². The highest BCUT2D eigenvalue weighted by Crippen LogP contribution is 2.38. The van der Waals surface area contributed by atoms with Gasteiger partial charge in [0.25, 0.3) is 0 Å². The minimum atomic E-state index is 0. The number of carbonyl (C=O) groups is 1. The molecule has 0 aliphatic heterocycles. The summed E-state index contributed by atoms with van der Waals surface area (Å²) in [7, 11) is 0. The fourth-order valence-electron chi connectivity index (χ4n) is 3.72. The molecule has 2 aromatic rings. The van der Waals surface area contributed by atoms with Crippen molar-refractivity contribution >= 4 is 18.3 Å². The topological polar surface area (TPSA) is 72.9 Å². The summed E-state index contributed by atoms with van der Waals surface area (Å²) in [5.74, 6) is 0.128. The van der Waals surface area contributed by atoms with Crippen LogP contribution >= 0.6 is 12.4 Å². The van der Waals surface area contributed by atoms with Crippen molar-refractivity contribution in [2.45, 2.75) is 44.9 Å². The second-order valence-corrected chi connectivity index (χ2v) is 7.17. The van der Waals surface area contributed by atoms with Gasteiger partial charge in [-0.1, -0.05) is 37.5 Å². The predicted octanol–water partition coefficient (Wildman–Crippen LogP) is 3.25. The van der Waals surface area contributed by atoms with Crippen LogP contribution < -0.4 is 11.1 Å². The quantitative estimate of drug-likeness (QED) is 0.779. The number of hydrogen-bond acceptors (Lipinski definition) is 3. The van der Waals surface area contributed by atoms with Crippen molar-refractivity contribution in [2.75, 3.05) is 13.1 Å². The van der Waals surface area contributed by atoms with Crippen LogP contribution in [0.3, 0.4) is 0 Å². The van der Waals surface area contributed by atoms with Gasteiger partial charge < -0.3 is 11.1 Å². The zero-order chi connectivity index (χ0) is 17.5. The lowest BCUT2D eigenvalue weighted by molar-refractivity contribution is -0.123. The highest BCUT2D eigenvalue weighted by Gasteiger charge is 2.32. The standard InChI is InChI=1S/C20H28N4O.ClH/c21-16-20(10-5-2-6-11-20)13-19(25)22-12-9-17-14-23-24(15-17)18-7-3-1-4-8-18;/h1,3-4,7-8,14-15H,2,5-6,9-13,16,21H2,(H,22,25);1H. The van der Waals surface area contributed by atoms with Gasteiger partial charge in [0, 0.05) is 19.2 Å². The molecule has 1 aromatic heterocycles. The number of benzene rings is 1. The van der Waals surface area contributed by atoms with Gasteiger partial charge >= 0.3 is 0 Å². The number of nitrogens with two attached hydrogens (primary N) is 1. The van der Waals surface area contributed by atoms with Gasteiger partial charge in [0.05, 0.1) is 11.9 Å². The summed E-state index contributed by atoms with van der Waals surface area (Å²) in [4.78, 5) is 12.3. The van der Waals surface area contributed by atoms with Gasteiger partial charge in [0.15, 0.2) is 0 Å². The molecular weight excluding hydrogens is 348 g/mol. The Morgan fingerprint density at radius 1 is 1.19 bits per heavy atom. The molecule has 1 saturated carbocycles. The van der Waals surface area contributed by atoms with E-state index < -0.39 is 0 Å². The van der Waals surface area contributed by atoms with Crippen LogP contribution in [0, 0.1) is 5.41 Å². The third-order valence-corrected chi connectivity index (χ3v) is 5.28. The first-order valence-corrected chi connectivity index (χ1v) is 9.27. The summed E-state index contributed by atoms with van der Waals surface area (Å²) in [6.45, 7) is 1.25. The summed E-state index contributed by atoms with van der Waals surface area (Å²) in [5, 5.41) is 7.44. The molecule has 1 aliphatic rings. The van der Waals surface area contributed by atoms with Crippen molar-refractivity contribution in [1.82, 2.24) is 15.1 Å². The average molecular weight is 377 g/mol. The Morgan fingerprint density at radius 3 is 2.62 bits per heavy atom. The van der Waals surface area contributed by atoms with Gasteiger partial charge in [0.2, 0.25) is 5.91 Å². The number of nitrogens with zero attached hydrogens (tertiary/aromatic N) is 2. The predicted molar refractivity (Wildman–Crippen MR) is 107 cm³/mol. The van der Waals surface area contributed by atoms with Crippen molar-refractivity contribution in [3.63, 3.8) is 0 Å². The molecule has 1 heterocycles. The second-order valence-electron chi connectivity index (χ2n) is 7.17. The van der Waals surface area contributed by atoms with Crippen LogP contribution in [0.4, 0.5) is 0 Å². The molecule has 0 saturated heterocycles. The molecule has 0 unspecified atom stereocenters. The zero-order valence-corrected chi connectivity index (χ0v) is 16.0. The minimum Gasteiger partial charge on any atom is -0.356 e. The largest absolute Gasteiger partial charge is 0.356 e. The lowest BCUT2D eigenvalue weighted by Crippen LogP contribution is -2.39. The molecule has 0 radical (unpaired) electrons. The number of nitrogens with one attached hydrogen (secondary N) is 1. The summed E-state index contributed by atoms with van der Waals surface area (Å²) in [6.07, 6.45) is 11.1. The van der Waals surface area contributed by atoms with E-state index in [-0.39, 0.29) is 23.7 Å². The molecular formula is C20H29ClN4O. The number of amides is 1. The second kappa shape index (κ2) is 9.74. The maximum absolute atomic E-state index is 12.3. The van der Waals surface area contributed by atoms with Crippen LogP contribution in [0.15, 0.2) is 42.7 Å². The van der Waals surface area contributed by atoms with Gasteiger partial charge in [-0.3, -0.25) is 4.79 Å². The third kappa shape index (κ3) is 5.32. The Labute approximate surface area is 161 Å². The molecule has 142 valence electrons. The van der Waals surface area contributed by atoms with Crippen LogP contribution in [0.5, 0.6) is 0 Å². The van der Waals surface area contributed by atoms with Crippen LogP contribution in [0.25, 0.3) is 5.69 Å².